The van der Waals surface area contributed by atoms with E-state index in [1.807, 2.05) is 4.90 Å². The topological polar surface area (TPSA) is 59.1 Å². The highest BCUT2D eigenvalue weighted by molar-refractivity contribution is 5.86. The van der Waals surface area contributed by atoms with E-state index in [2.05, 4.69) is 4.90 Å². The predicted octanol–water partition coefficient (Wildman–Crippen LogP) is 1.04. The number of ether oxygens (including phenoxy) is 2. The van der Waals surface area contributed by atoms with E-state index in [1.54, 1.807) is 0 Å². The first-order valence-electron chi connectivity index (χ1n) is 8.83. The summed E-state index contributed by atoms with van der Waals surface area (Å²) >= 11 is 0. The first-order valence-corrected chi connectivity index (χ1v) is 8.83. The predicted molar refractivity (Wildman–Crippen MR) is 84.9 cm³/mol. The lowest BCUT2D eigenvalue weighted by atomic mass is 9.79. The normalized spacial score (nSPS) is 28.8. The van der Waals surface area contributed by atoms with Crippen molar-refractivity contribution in [2.75, 3.05) is 46.5 Å². The molecule has 0 aromatic heterocycles. The smallest absolute Gasteiger partial charge is 0.310 e. The molecule has 0 bridgehead atoms. The number of esters is 1. The van der Waals surface area contributed by atoms with E-state index in [-0.39, 0.29) is 23.3 Å². The van der Waals surface area contributed by atoms with E-state index in [4.69, 9.17) is 9.47 Å². The van der Waals surface area contributed by atoms with Crippen molar-refractivity contribution in [2.45, 2.75) is 44.1 Å². The average molecular weight is 324 g/mol. The van der Waals surface area contributed by atoms with Crippen LogP contribution in [0.2, 0.25) is 0 Å². The molecule has 0 aromatic carbocycles. The lowest BCUT2D eigenvalue weighted by Crippen LogP contribution is -2.60. The van der Waals surface area contributed by atoms with Crippen LogP contribution in [0.25, 0.3) is 0 Å². The lowest BCUT2D eigenvalue weighted by molar-refractivity contribution is -0.145. The van der Waals surface area contributed by atoms with Crippen LogP contribution >= 0.6 is 0 Å². The van der Waals surface area contributed by atoms with Gasteiger partial charge in [-0.2, -0.15) is 0 Å². The molecule has 1 aliphatic carbocycles. The summed E-state index contributed by atoms with van der Waals surface area (Å²) in [5.74, 6) is -0.457. The van der Waals surface area contributed by atoms with E-state index in [9.17, 15) is 9.59 Å². The maximum Gasteiger partial charge on any atom is 0.310 e. The summed E-state index contributed by atoms with van der Waals surface area (Å²) in [6.07, 6.45) is 6.30. The first kappa shape index (κ1) is 16.7. The van der Waals surface area contributed by atoms with E-state index >= 15 is 0 Å². The molecule has 1 amide bonds. The van der Waals surface area contributed by atoms with Crippen LogP contribution in [0.3, 0.4) is 0 Å². The highest BCUT2D eigenvalue weighted by Crippen LogP contribution is 2.36. The molecule has 2 saturated heterocycles. The third-order valence-corrected chi connectivity index (χ3v) is 5.70. The summed E-state index contributed by atoms with van der Waals surface area (Å²) in [5, 5.41) is 0. The molecule has 3 rings (SSSR count). The van der Waals surface area contributed by atoms with Gasteiger partial charge in [-0.05, 0) is 12.8 Å². The number of rotatable bonds is 4. The van der Waals surface area contributed by atoms with Crippen LogP contribution in [0.1, 0.15) is 38.5 Å². The van der Waals surface area contributed by atoms with Gasteiger partial charge in [0.15, 0.2) is 0 Å². The van der Waals surface area contributed by atoms with Gasteiger partial charge < -0.3 is 14.4 Å². The van der Waals surface area contributed by atoms with Crippen molar-refractivity contribution in [3.8, 4) is 0 Å². The average Bonchev–Trinajstić information content (AvgIpc) is 2.96. The first-order chi connectivity index (χ1) is 11.1. The van der Waals surface area contributed by atoms with Crippen LogP contribution in [0.15, 0.2) is 0 Å². The van der Waals surface area contributed by atoms with Gasteiger partial charge in [-0.25, -0.2) is 0 Å². The van der Waals surface area contributed by atoms with Crippen molar-refractivity contribution in [3.63, 3.8) is 0 Å². The van der Waals surface area contributed by atoms with Crippen LogP contribution in [-0.2, 0) is 19.1 Å². The molecule has 3 aliphatic rings. The molecule has 6 heteroatoms. The number of hydrogen-bond acceptors (Lipinski definition) is 5. The van der Waals surface area contributed by atoms with Crippen molar-refractivity contribution in [1.29, 1.82) is 0 Å². The second kappa shape index (κ2) is 7.18. The Morgan fingerprint density at radius 2 is 1.96 bits per heavy atom. The van der Waals surface area contributed by atoms with Crippen LogP contribution < -0.4 is 0 Å². The van der Waals surface area contributed by atoms with Gasteiger partial charge in [-0.3, -0.25) is 14.5 Å². The summed E-state index contributed by atoms with van der Waals surface area (Å²) in [5.41, 5.74) is 0.0721. The maximum atomic E-state index is 12.4. The molecule has 2 aliphatic heterocycles. The van der Waals surface area contributed by atoms with E-state index in [0.717, 1.165) is 45.7 Å². The monoisotopic (exact) mass is 324 g/mol. The van der Waals surface area contributed by atoms with Gasteiger partial charge in [0, 0.05) is 38.1 Å². The molecule has 1 unspecified atom stereocenters. The SMILES string of the molecule is COC(=O)C1CC(=O)N(CC2(N3CCOCC3)CCCCC2)C1. The molecule has 130 valence electrons. The third kappa shape index (κ3) is 3.53. The third-order valence-electron chi connectivity index (χ3n) is 5.70. The lowest BCUT2D eigenvalue weighted by Gasteiger charge is -2.49. The van der Waals surface area contributed by atoms with Gasteiger partial charge in [0.25, 0.3) is 0 Å². The molecular weight excluding hydrogens is 296 g/mol. The zero-order valence-electron chi connectivity index (χ0n) is 14.1. The molecule has 1 atom stereocenters. The molecule has 3 fully saturated rings. The second-order valence-electron chi connectivity index (χ2n) is 7.08. The Hall–Kier alpha value is -1.14. The molecule has 0 spiro atoms. The molecule has 0 N–H and O–H groups in total. The molecule has 0 aromatic rings. The fourth-order valence-electron chi connectivity index (χ4n) is 4.43. The van der Waals surface area contributed by atoms with Gasteiger partial charge in [0.2, 0.25) is 5.91 Å². The Balaban J connectivity index is 1.71. The van der Waals surface area contributed by atoms with Gasteiger partial charge in [0.05, 0.1) is 26.2 Å². The summed E-state index contributed by atoms with van der Waals surface area (Å²) in [6.45, 7) is 4.71. The van der Waals surface area contributed by atoms with Crippen molar-refractivity contribution in [1.82, 2.24) is 9.80 Å². The van der Waals surface area contributed by atoms with Crippen molar-refractivity contribution in [3.05, 3.63) is 0 Å². The Morgan fingerprint density at radius 3 is 2.61 bits per heavy atom. The van der Waals surface area contributed by atoms with Crippen LogP contribution in [0.4, 0.5) is 0 Å². The molecule has 23 heavy (non-hydrogen) atoms. The van der Waals surface area contributed by atoms with Crippen molar-refractivity contribution in [2.24, 2.45) is 5.92 Å². The van der Waals surface area contributed by atoms with Gasteiger partial charge in [0.1, 0.15) is 0 Å². The molecule has 0 radical (unpaired) electrons. The number of nitrogens with zero attached hydrogens (tertiary/aromatic N) is 2. The maximum absolute atomic E-state index is 12.4. The van der Waals surface area contributed by atoms with E-state index in [0.29, 0.717) is 13.0 Å². The number of likely N-dealkylation sites (tertiary alicyclic amines) is 1. The van der Waals surface area contributed by atoms with Crippen molar-refractivity contribution >= 4 is 11.9 Å². The van der Waals surface area contributed by atoms with E-state index in [1.165, 1.54) is 26.4 Å². The number of methoxy groups -OCH3 is 1. The van der Waals surface area contributed by atoms with Gasteiger partial charge in [-0.15, -0.1) is 0 Å². The van der Waals surface area contributed by atoms with E-state index < -0.39 is 0 Å². The van der Waals surface area contributed by atoms with Crippen LogP contribution in [0, 0.1) is 5.92 Å². The van der Waals surface area contributed by atoms with Crippen LogP contribution in [0.5, 0.6) is 0 Å². The Morgan fingerprint density at radius 1 is 1.26 bits per heavy atom. The Kier molecular flexibility index (Phi) is 5.21. The zero-order valence-corrected chi connectivity index (χ0v) is 14.1. The minimum atomic E-state index is -0.294. The Labute approximate surface area is 138 Å². The quantitative estimate of drug-likeness (QED) is 0.723. The number of carbonyl (C=O) groups is 2. The fourth-order valence-corrected chi connectivity index (χ4v) is 4.43. The number of hydrogen-bond donors (Lipinski definition) is 0. The largest absolute Gasteiger partial charge is 0.469 e. The summed E-state index contributed by atoms with van der Waals surface area (Å²) < 4.78 is 10.3. The molecular formula is C17H28N2O4. The highest BCUT2D eigenvalue weighted by atomic mass is 16.5. The molecule has 2 heterocycles. The summed E-state index contributed by atoms with van der Waals surface area (Å²) in [7, 11) is 1.39. The minimum absolute atomic E-state index is 0.0721. The molecule has 1 saturated carbocycles. The molecule has 6 nitrogen and oxygen atoms in total. The number of morpholine rings is 1. The summed E-state index contributed by atoms with van der Waals surface area (Å²) in [6, 6.07) is 0. The number of amides is 1. The summed E-state index contributed by atoms with van der Waals surface area (Å²) in [4.78, 5) is 28.6. The van der Waals surface area contributed by atoms with Gasteiger partial charge >= 0.3 is 5.97 Å². The minimum Gasteiger partial charge on any atom is -0.469 e. The highest BCUT2D eigenvalue weighted by Gasteiger charge is 2.44. The van der Waals surface area contributed by atoms with Crippen molar-refractivity contribution < 1.29 is 19.1 Å². The van der Waals surface area contributed by atoms with Gasteiger partial charge in [-0.1, -0.05) is 19.3 Å². The standard InChI is InChI=1S/C17H28N2O4/c1-22-16(21)14-11-15(20)18(12-14)13-17(5-3-2-4-6-17)19-7-9-23-10-8-19/h14H,2-13H2,1H3. The second-order valence-corrected chi connectivity index (χ2v) is 7.08. The fraction of sp³-hybridized carbons (Fsp3) is 0.882. The number of carbonyl (C=O) groups excluding carboxylic acids is 2. The van der Waals surface area contributed by atoms with Crippen LogP contribution in [-0.4, -0.2) is 73.7 Å². The zero-order chi connectivity index (χ0) is 16.3. The Bertz CT molecular complexity index is 442.